The number of nitrogens with one attached hydrogen (secondary N) is 2. The number of likely N-dealkylation sites (N-methyl/N-ethyl adjacent to an activating group) is 1. The Morgan fingerprint density at radius 2 is 2.04 bits per heavy atom. The molecule has 124 valence electrons. The van der Waals surface area contributed by atoms with Crippen LogP contribution in [0.2, 0.25) is 5.02 Å². The predicted octanol–water partition coefficient (Wildman–Crippen LogP) is 2.65. The molecule has 0 amide bonds. The molecule has 1 aromatic carbocycles. The zero-order valence-electron chi connectivity index (χ0n) is 13.7. The monoisotopic (exact) mass is 332 g/mol. The number of aromatic amines is 1. The van der Waals surface area contributed by atoms with Gasteiger partial charge in [-0.05, 0) is 50.2 Å². The maximum absolute atomic E-state index is 6.19. The van der Waals surface area contributed by atoms with E-state index in [9.17, 15) is 0 Å². The first kappa shape index (κ1) is 15.5. The summed E-state index contributed by atoms with van der Waals surface area (Å²) in [6, 6.07) is 6.62. The van der Waals surface area contributed by atoms with E-state index in [0.29, 0.717) is 6.04 Å². The minimum atomic E-state index is 0.435. The number of aromatic nitrogens is 1. The van der Waals surface area contributed by atoms with Gasteiger partial charge in [-0.25, -0.2) is 0 Å². The summed E-state index contributed by atoms with van der Waals surface area (Å²) in [5, 5.41) is 5.83. The molecule has 2 aromatic rings. The zero-order valence-corrected chi connectivity index (χ0v) is 14.5. The molecule has 0 saturated carbocycles. The van der Waals surface area contributed by atoms with Gasteiger partial charge in [0.2, 0.25) is 0 Å². The van der Waals surface area contributed by atoms with E-state index >= 15 is 0 Å². The van der Waals surface area contributed by atoms with E-state index in [2.05, 4.69) is 39.3 Å². The molecule has 1 atom stereocenters. The number of hydrogen-bond donors (Lipinski definition) is 2. The molecule has 4 rings (SSSR count). The van der Waals surface area contributed by atoms with Crippen molar-refractivity contribution in [3.8, 4) is 0 Å². The third kappa shape index (κ3) is 3.13. The normalized spacial score (nSPS) is 23.3. The second-order valence-corrected chi connectivity index (χ2v) is 7.33. The summed E-state index contributed by atoms with van der Waals surface area (Å²) < 4.78 is 0. The molecule has 1 saturated heterocycles. The van der Waals surface area contributed by atoms with Gasteiger partial charge in [-0.3, -0.25) is 0 Å². The van der Waals surface area contributed by atoms with E-state index in [1.165, 1.54) is 54.9 Å². The molecule has 0 radical (unpaired) electrons. The van der Waals surface area contributed by atoms with Crippen LogP contribution >= 0.6 is 11.6 Å². The summed E-state index contributed by atoms with van der Waals surface area (Å²) in [7, 11) is 2.21. The fraction of sp³-hybridized carbons (Fsp3) is 0.556. The van der Waals surface area contributed by atoms with E-state index in [4.69, 9.17) is 11.6 Å². The lowest BCUT2D eigenvalue weighted by molar-refractivity contribution is 0.148. The Morgan fingerprint density at radius 3 is 2.87 bits per heavy atom. The Kier molecular flexibility index (Phi) is 4.33. The first-order valence-corrected chi connectivity index (χ1v) is 9.03. The summed E-state index contributed by atoms with van der Waals surface area (Å²) in [6.07, 6.45) is 2.25. The molecule has 2 N–H and O–H groups in total. The lowest BCUT2D eigenvalue weighted by Crippen LogP contribution is -2.45. The zero-order chi connectivity index (χ0) is 15.8. The quantitative estimate of drug-likeness (QED) is 0.906. The van der Waals surface area contributed by atoms with Gasteiger partial charge in [-0.15, -0.1) is 0 Å². The molecular formula is C18H25ClN4. The number of halogens is 1. The van der Waals surface area contributed by atoms with Gasteiger partial charge >= 0.3 is 0 Å². The Balaban J connectivity index is 1.50. The second-order valence-electron chi connectivity index (χ2n) is 6.90. The molecule has 2 aliphatic heterocycles. The van der Waals surface area contributed by atoms with Crippen LogP contribution in [0.15, 0.2) is 18.2 Å². The maximum Gasteiger partial charge on any atom is 0.0488 e. The number of hydrogen-bond acceptors (Lipinski definition) is 3. The molecule has 1 fully saturated rings. The Morgan fingerprint density at radius 1 is 1.22 bits per heavy atom. The highest BCUT2D eigenvalue weighted by atomic mass is 35.5. The molecule has 1 aromatic heterocycles. The molecule has 4 nitrogen and oxygen atoms in total. The number of rotatable bonds is 3. The second kappa shape index (κ2) is 6.44. The summed E-state index contributed by atoms with van der Waals surface area (Å²) in [4.78, 5) is 8.64. The number of H-pyrrole nitrogens is 1. The van der Waals surface area contributed by atoms with Crippen LogP contribution in [0.1, 0.15) is 23.7 Å². The summed E-state index contributed by atoms with van der Waals surface area (Å²) >= 11 is 6.19. The molecule has 0 spiro atoms. The van der Waals surface area contributed by atoms with Crippen molar-refractivity contribution in [2.75, 3.05) is 46.3 Å². The molecule has 5 heteroatoms. The van der Waals surface area contributed by atoms with Crippen LogP contribution in [0.25, 0.3) is 10.9 Å². The first-order chi connectivity index (χ1) is 11.2. The van der Waals surface area contributed by atoms with E-state index in [-0.39, 0.29) is 0 Å². The number of nitrogens with zero attached hydrogens (tertiary/aromatic N) is 2. The summed E-state index contributed by atoms with van der Waals surface area (Å²) in [5.41, 5.74) is 4.06. The lowest BCUT2D eigenvalue weighted by Gasteiger charge is -2.34. The Labute approximate surface area is 142 Å². The molecule has 0 unspecified atom stereocenters. The van der Waals surface area contributed by atoms with Crippen molar-refractivity contribution in [3.05, 3.63) is 34.5 Å². The van der Waals surface area contributed by atoms with Crippen molar-refractivity contribution in [1.29, 1.82) is 0 Å². The summed E-state index contributed by atoms with van der Waals surface area (Å²) in [5.74, 6) is 0. The van der Waals surface area contributed by atoms with Gasteiger partial charge in [-0.1, -0.05) is 11.6 Å². The Hall–Kier alpha value is -1.07. The fourth-order valence-electron chi connectivity index (χ4n) is 3.91. The van der Waals surface area contributed by atoms with Crippen LogP contribution in [0.4, 0.5) is 0 Å². The van der Waals surface area contributed by atoms with Crippen LogP contribution in [0, 0.1) is 0 Å². The van der Waals surface area contributed by atoms with Gasteiger partial charge in [0, 0.05) is 60.4 Å². The van der Waals surface area contributed by atoms with E-state index < -0.39 is 0 Å². The predicted molar refractivity (Wildman–Crippen MR) is 96.3 cm³/mol. The fourth-order valence-corrected chi connectivity index (χ4v) is 4.08. The van der Waals surface area contributed by atoms with Crippen LogP contribution in [0.3, 0.4) is 0 Å². The summed E-state index contributed by atoms with van der Waals surface area (Å²) in [6.45, 7) is 6.99. The van der Waals surface area contributed by atoms with Crippen LogP contribution in [-0.4, -0.2) is 61.1 Å². The van der Waals surface area contributed by atoms with Gasteiger partial charge < -0.3 is 20.1 Å². The van der Waals surface area contributed by atoms with Crippen LogP contribution in [-0.2, 0) is 6.42 Å². The number of piperazine rings is 1. The first-order valence-electron chi connectivity index (χ1n) is 8.65. The maximum atomic E-state index is 6.19. The number of fused-ring (bicyclic) bond motifs is 3. The van der Waals surface area contributed by atoms with Gasteiger partial charge in [0.05, 0.1) is 0 Å². The van der Waals surface area contributed by atoms with Crippen molar-refractivity contribution >= 4 is 22.5 Å². The molecule has 3 heterocycles. The Bertz CT molecular complexity index is 688. The molecular weight excluding hydrogens is 308 g/mol. The largest absolute Gasteiger partial charge is 0.357 e. The van der Waals surface area contributed by atoms with Crippen molar-refractivity contribution in [3.63, 3.8) is 0 Å². The van der Waals surface area contributed by atoms with Crippen molar-refractivity contribution in [2.24, 2.45) is 0 Å². The van der Waals surface area contributed by atoms with Crippen molar-refractivity contribution < 1.29 is 0 Å². The van der Waals surface area contributed by atoms with E-state index in [1.807, 2.05) is 6.07 Å². The smallest absolute Gasteiger partial charge is 0.0488 e. The van der Waals surface area contributed by atoms with Crippen LogP contribution < -0.4 is 5.32 Å². The minimum Gasteiger partial charge on any atom is -0.357 e. The molecule has 0 bridgehead atoms. The topological polar surface area (TPSA) is 34.3 Å². The van der Waals surface area contributed by atoms with E-state index in [1.54, 1.807) is 0 Å². The highest BCUT2D eigenvalue weighted by Crippen LogP contribution is 2.33. The third-order valence-electron chi connectivity index (χ3n) is 5.35. The average Bonchev–Trinajstić information content (AvgIpc) is 2.93. The molecule has 0 aliphatic carbocycles. The van der Waals surface area contributed by atoms with E-state index in [0.717, 1.165) is 24.4 Å². The van der Waals surface area contributed by atoms with Gasteiger partial charge in [0.25, 0.3) is 0 Å². The standard InChI is InChI=1S/C18H25ClN4/c1-22-8-10-23(11-9-22)7-5-17-18-14(4-6-20-17)15-12-13(19)2-3-16(15)21-18/h2-3,12,17,20-21H,4-11H2,1H3/t17-/m0/s1. The number of benzene rings is 1. The SMILES string of the molecule is CN1CCN(CC[C@@H]2NCCc3c2[nH]c2ccc(Cl)cc32)CC1. The van der Waals surface area contributed by atoms with Gasteiger partial charge in [0.1, 0.15) is 0 Å². The minimum absolute atomic E-state index is 0.435. The van der Waals surface area contributed by atoms with Crippen molar-refractivity contribution in [2.45, 2.75) is 18.9 Å². The lowest BCUT2D eigenvalue weighted by atomic mass is 9.97. The third-order valence-corrected chi connectivity index (χ3v) is 5.58. The highest BCUT2D eigenvalue weighted by molar-refractivity contribution is 6.31. The average molecular weight is 333 g/mol. The van der Waals surface area contributed by atoms with Gasteiger partial charge in [0.15, 0.2) is 0 Å². The van der Waals surface area contributed by atoms with Crippen LogP contribution in [0.5, 0.6) is 0 Å². The molecule has 2 aliphatic rings. The molecule has 23 heavy (non-hydrogen) atoms. The van der Waals surface area contributed by atoms with Crippen molar-refractivity contribution in [1.82, 2.24) is 20.1 Å². The van der Waals surface area contributed by atoms with Gasteiger partial charge in [-0.2, -0.15) is 0 Å². The highest BCUT2D eigenvalue weighted by Gasteiger charge is 2.25.